The normalized spacial score (nSPS) is 14.0. The minimum atomic E-state index is -0.268. The number of thiazole rings is 1. The molecule has 1 aliphatic rings. The van der Waals surface area contributed by atoms with Crippen molar-refractivity contribution >= 4 is 21.6 Å². The molecule has 1 aromatic heterocycles. The summed E-state index contributed by atoms with van der Waals surface area (Å²) in [6, 6.07) is 17.2. The maximum atomic E-state index is 14.5. The van der Waals surface area contributed by atoms with Crippen LogP contribution in [0.4, 0.5) is 4.39 Å². The Morgan fingerprint density at radius 1 is 1.09 bits per heavy atom. The molecular weight excluding hydrogens is 427 g/mol. The van der Waals surface area contributed by atoms with Gasteiger partial charge in [0.2, 0.25) is 0 Å². The van der Waals surface area contributed by atoms with Crippen LogP contribution in [0.5, 0.6) is 17.2 Å². The molecule has 0 saturated carbocycles. The Bertz CT molecular complexity index is 1240. The maximum Gasteiger partial charge on any atom is 0.165 e. The second-order valence-corrected chi connectivity index (χ2v) is 8.70. The molecule has 0 amide bonds. The molecule has 0 spiro atoms. The van der Waals surface area contributed by atoms with Crippen LogP contribution in [0.15, 0.2) is 54.6 Å². The van der Waals surface area contributed by atoms with Crippen molar-refractivity contribution in [2.75, 3.05) is 27.4 Å². The summed E-state index contributed by atoms with van der Waals surface area (Å²) in [6.45, 7) is 2.28. The summed E-state index contributed by atoms with van der Waals surface area (Å²) >= 11 is 1.65. The smallest absolute Gasteiger partial charge is 0.165 e. The summed E-state index contributed by atoms with van der Waals surface area (Å²) in [5.74, 6) is 1.68. The highest BCUT2D eigenvalue weighted by atomic mass is 32.1. The average molecular weight is 451 g/mol. The van der Waals surface area contributed by atoms with Gasteiger partial charge in [-0.1, -0.05) is 18.2 Å². The van der Waals surface area contributed by atoms with Crippen molar-refractivity contribution in [2.45, 2.75) is 13.1 Å². The van der Waals surface area contributed by atoms with Gasteiger partial charge in [-0.3, -0.25) is 4.90 Å². The van der Waals surface area contributed by atoms with Gasteiger partial charge in [0.25, 0.3) is 0 Å². The summed E-state index contributed by atoms with van der Waals surface area (Å²) in [5.41, 5.74) is 3.60. The zero-order chi connectivity index (χ0) is 22.1. The number of nitrogens with zero attached hydrogens (tertiary/aromatic N) is 2. The van der Waals surface area contributed by atoms with Crippen LogP contribution < -0.4 is 14.2 Å². The van der Waals surface area contributed by atoms with Crippen LogP contribution in [-0.4, -0.2) is 37.3 Å². The molecule has 0 bridgehead atoms. The molecule has 7 heteroatoms. The van der Waals surface area contributed by atoms with Gasteiger partial charge in [-0.15, -0.1) is 11.3 Å². The predicted molar refractivity (Wildman–Crippen MR) is 124 cm³/mol. The molecule has 0 saturated heterocycles. The number of halogens is 1. The molecule has 164 valence electrons. The van der Waals surface area contributed by atoms with E-state index in [2.05, 4.69) is 17.0 Å². The fraction of sp³-hybridized carbons (Fsp3) is 0.240. The van der Waals surface area contributed by atoms with Crippen LogP contribution in [0.3, 0.4) is 0 Å². The maximum absolute atomic E-state index is 14.5. The van der Waals surface area contributed by atoms with Crippen LogP contribution in [0.1, 0.15) is 11.1 Å². The van der Waals surface area contributed by atoms with Crippen LogP contribution in [-0.2, 0) is 13.1 Å². The van der Waals surface area contributed by atoms with Gasteiger partial charge in [0.05, 0.1) is 24.4 Å². The molecule has 32 heavy (non-hydrogen) atoms. The fourth-order valence-electron chi connectivity index (χ4n) is 3.97. The third-order valence-corrected chi connectivity index (χ3v) is 6.68. The molecule has 0 unspecified atom stereocenters. The Balaban J connectivity index is 1.48. The Kier molecular flexibility index (Phi) is 5.68. The van der Waals surface area contributed by atoms with Crippen molar-refractivity contribution in [3.05, 3.63) is 71.5 Å². The zero-order valence-corrected chi connectivity index (χ0v) is 18.7. The number of ether oxygens (including phenoxy) is 3. The van der Waals surface area contributed by atoms with Crippen LogP contribution in [0.25, 0.3) is 20.8 Å². The highest BCUT2D eigenvalue weighted by Gasteiger charge is 2.22. The van der Waals surface area contributed by atoms with Crippen molar-refractivity contribution < 1.29 is 18.6 Å². The number of fused-ring (bicyclic) bond motifs is 2. The van der Waals surface area contributed by atoms with Gasteiger partial charge in [-0.05, 0) is 30.3 Å². The van der Waals surface area contributed by atoms with Crippen molar-refractivity contribution in [1.82, 2.24) is 9.88 Å². The number of benzene rings is 3. The van der Waals surface area contributed by atoms with E-state index in [4.69, 9.17) is 19.2 Å². The lowest BCUT2D eigenvalue weighted by Gasteiger charge is -2.20. The highest BCUT2D eigenvalue weighted by molar-refractivity contribution is 7.21. The minimum Gasteiger partial charge on any atom is -0.497 e. The Hall–Kier alpha value is -3.16. The second kappa shape index (κ2) is 8.76. The van der Waals surface area contributed by atoms with E-state index in [1.54, 1.807) is 30.6 Å². The van der Waals surface area contributed by atoms with Crippen molar-refractivity contribution in [3.63, 3.8) is 0 Å². The molecule has 0 radical (unpaired) electrons. The number of para-hydroxylation sites is 1. The Morgan fingerprint density at radius 3 is 2.75 bits per heavy atom. The lowest BCUT2D eigenvalue weighted by molar-refractivity contribution is 0.215. The summed E-state index contributed by atoms with van der Waals surface area (Å²) < 4.78 is 32.5. The Labute approximate surface area is 190 Å². The summed E-state index contributed by atoms with van der Waals surface area (Å²) in [6.07, 6.45) is 0. The van der Waals surface area contributed by atoms with Crippen molar-refractivity contribution in [3.8, 4) is 27.8 Å². The van der Waals surface area contributed by atoms with E-state index in [1.165, 1.54) is 13.2 Å². The molecule has 0 aliphatic carbocycles. The first-order valence-corrected chi connectivity index (χ1v) is 11.2. The van der Waals surface area contributed by atoms with Crippen LogP contribution in [0, 0.1) is 5.82 Å². The molecule has 5 rings (SSSR count). The van der Waals surface area contributed by atoms with Crippen LogP contribution in [0.2, 0.25) is 0 Å². The van der Waals surface area contributed by atoms with Gasteiger partial charge in [0.1, 0.15) is 23.2 Å². The Morgan fingerprint density at radius 2 is 1.97 bits per heavy atom. The van der Waals surface area contributed by atoms with E-state index in [0.717, 1.165) is 32.1 Å². The van der Waals surface area contributed by atoms with Gasteiger partial charge in [0.15, 0.2) is 11.5 Å². The second-order valence-electron chi connectivity index (χ2n) is 7.67. The molecule has 1 aliphatic heterocycles. The summed E-state index contributed by atoms with van der Waals surface area (Å²) in [7, 11) is 3.18. The van der Waals surface area contributed by atoms with E-state index in [1.807, 2.05) is 24.3 Å². The van der Waals surface area contributed by atoms with E-state index >= 15 is 0 Å². The topological polar surface area (TPSA) is 43.8 Å². The first-order chi connectivity index (χ1) is 15.6. The molecule has 3 aromatic carbocycles. The number of methoxy groups -OCH3 is 2. The first-order valence-electron chi connectivity index (χ1n) is 10.4. The summed E-state index contributed by atoms with van der Waals surface area (Å²) in [5, 5.41) is 0.935. The molecule has 0 N–H and O–H groups in total. The van der Waals surface area contributed by atoms with Crippen LogP contribution >= 0.6 is 11.3 Å². The largest absolute Gasteiger partial charge is 0.497 e. The average Bonchev–Trinajstić information content (AvgIpc) is 3.14. The molecule has 5 nitrogen and oxygen atoms in total. The third kappa shape index (κ3) is 4.01. The monoisotopic (exact) mass is 450 g/mol. The number of aromatic nitrogens is 1. The van der Waals surface area contributed by atoms with Gasteiger partial charge >= 0.3 is 0 Å². The molecule has 0 fully saturated rings. The van der Waals surface area contributed by atoms with Gasteiger partial charge in [-0.2, -0.15) is 0 Å². The highest BCUT2D eigenvalue weighted by Crippen LogP contribution is 2.40. The first kappa shape index (κ1) is 20.7. The lowest BCUT2D eigenvalue weighted by atomic mass is 10.1. The van der Waals surface area contributed by atoms with E-state index in [9.17, 15) is 4.39 Å². The van der Waals surface area contributed by atoms with E-state index < -0.39 is 0 Å². The van der Waals surface area contributed by atoms with E-state index in [-0.39, 0.29) is 5.82 Å². The minimum absolute atomic E-state index is 0.268. The number of rotatable bonds is 5. The zero-order valence-electron chi connectivity index (χ0n) is 17.9. The molecule has 0 atom stereocenters. The van der Waals surface area contributed by atoms with Gasteiger partial charge < -0.3 is 14.2 Å². The van der Waals surface area contributed by atoms with Gasteiger partial charge in [-0.25, -0.2) is 9.37 Å². The molecular formula is C25H23FN2O3S. The van der Waals surface area contributed by atoms with E-state index in [0.29, 0.717) is 43.3 Å². The SMILES string of the molecule is COc1ccc(CN2CCOc3c(cc(-c4nc5ccccc5s4)cc3OC)C2)c(F)c1. The van der Waals surface area contributed by atoms with Crippen molar-refractivity contribution in [1.29, 1.82) is 0 Å². The number of hydrogen-bond donors (Lipinski definition) is 0. The summed E-state index contributed by atoms with van der Waals surface area (Å²) in [4.78, 5) is 6.97. The number of hydrogen-bond acceptors (Lipinski definition) is 6. The van der Waals surface area contributed by atoms with Crippen molar-refractivity contribution in [2.24, 2.45) is 0 Å². The lowest BCUT2D eigenvalue weighted by Crippen LogP contribution is -2.25. The predicted octanol–water partition coefficient (Wildman–Crippen LogP) is 5.51. The van der Waals surface area contributed by atoms with Gasteiger partial charge in [0, 0.05) is 42.4 Å². The standard InChI is InChI=1S/C25H23FN2O3S/c1-29-19-8-7-16(20(26)13-19)14-28-9-10-31-24-18(15-28)11-17(12-22(24)30-2)25-27-21-5-3-4-6-23(21)32-25/h3-8,11-13H,9-10,14-15H2,1-2H3. The quantitative estimate of drug-likeness (QED) is 0.401. The molecule has 4 aromatic rings. The third-order valence-electron chi connectivity index (χ3n) is 5.59. The fourth-order valence-corrected chi connectivity index (χ4v) is 4.92. The molecule has 2 heterocycles.